The molecular weight excluding hydrogens is 148 g/mol. The van der Waals surface area contributed by atoms with Gasteiger partial charge in [0, 0.05) is 6.20 Å². The average molecular weight is 154 g/mol. The third-order valence-corrected chi connectivity index (χ3v) is 1.97. The number of thiazole rings is 1. The van der Waals surface area contributed by atoms with Crippen LogP contribution < -0.4 is 0 Å². The smallest absolute Gasteiger partial charge is 0.107 e. The van der Waals surface area contributed by atoms with Crippen molar-refractivity contribution in [2.75, 3.05) is 0 Å². The van der Waals surface area contributed by atoms with Crippen LogP contribution in [-0.2, 0) is 13.0 Å². The Bertz CT molecular complexity index is 250. The van der Waals surface area contributed by atoms with E-state index in [1.165, 1.54) is 11.3 Å². The van der Waals surface area contributed by atoms with Gasteiger partial charge in [-0.05, 0) is 0 Å². The van der Waals surface area contributed by atoms with E-state index in [2.05, 4.69) is 4.98 Å². The van der Waals surface area contributed by atoms with Gasteiger partial charge in [-0.2, -0.15) is 5.26 Å². The molecule has 0 amide bonds. The van der Waals surface area contributed by atoms with Gasteiger partial charge in [-0.15, -0.1) is 11.3 Å². The minimum atomic E-state index is 0.0170. The van der Waals surface area contributed by atoms with Crippen LogP contribution in [0.25, 0.3) is 0 Å². The summed E-state index contributed by atoms with van der Waals surface area (Å²) < 4.78 is 0. The van der Waals surface area contributed by atoms with Gasteiger partial charge in [0.2, 0.25) is 0 Å². The van der Waals surface area contributed by atoms with E-state index in [1.54, 1.807) is 6.20 Å². The number of hydrogen-bond acceptors (Lipinski definition) is 4. The van der Waals surface area contributed by atoms with Crippen molar-refractivity contribution in [3.8, 4) is 6.07 Å². The fourth-order valence-corrected chi connectivity index (χ4v) is 1.29. The normalized spacial score (nSPS) is 9.20. The van der Waals surface area contributed by atoms with E-state index in [9.17, 15) is 0 Å². The van der Waals surface area contributed by atoms with Gasteiger partial charge in [-0.25, -0.2) is 4.98 Å². The predicted molar refractivity (Wildman–Crippen MR) is 37.4 cm³/mol. The van der Waals surface area contributed by atoms with Crippen molar-refractivity contribution in [3.63, 3.8) is 0 Å². The van der Waals surface area contributed by atoms with Gasteiger partial charge in [0.1, 0.15) is 5.01 Å². The maximum absolute atomic E-state index is 8.61. The van der Waals surface area contributed by atoms with Crippen LogP contribution in [-0.4, -0.2) is 10.1 Å². The highest BCUT2D eigenvalue weighted by molar-refractivity contribution is 7.11. The van der Waals surface area contributed by atoms with E-state index in [0.717, 1.165) is 9.88 Å². The fraction of sp³-hybridized carbons (Fsp3) is 0.333. The molecule has 10 heavy (non-hydrogen) atoms. The Morgan fingerprint density at radius 3 is 3.10 bits per heavy atom. The van der Waals surface area contributed by atoms with E-state index >= 15 is 0 Å². The number of aliphatic hydroxyl groups is 1. The first-order valence-electron chi connectivity index (χ1n) is 2.78. The molecule has 1 aromatic rings. The van der Waals surface area contributed by atoms with Gasteiger partial charge in [-0.3, -0.25) is 0 Å². The van der Waals surface area contributed by atoms with Gasteiger partial charge < -0.3 is 5.11 Å². The van der Waals surface area contributed by atoms with Crippen LogP contribution in [0.2, 0.25) is 0 Å². The molecule has 0 bridgehead atoms. The lowest BCUT2D eigenvalue weighted by Gasteiger charge is -1.80. The molecule has 0 radical (unpaired) electrons. The average Bonchev–Trinajstić information content (AvgIpc) is 2.37. The standard InChI is InChI=1S/C6H6N2OS/c7-2-1-6-8-3-5(4-9)10-6/h3,9H,1,4H2. The molecule has 0 saturated carbocycles. The fourth-order valence-electron chi connectivity index (χ4n) is 0.570. The van der Waals surface area contributed by atoms with Crippen LogP contribution in [0.4, 0.5) is 0 Å². The molecule has 0 aliphatic rings. The van der Waals surface area contributed by atoms with Crippen molar-refractivity contribution in [2.45, 2.75) is 13.0 Å². The number of rotatable bonds is 2. The van der Waals surface area contributed by atoms with E-state index in [4.69, 9.17) is 10.4 Å². The summed E-state index contributed by atoms with van der Waals surface area (Å²) >= 11 is 1.37. The van der Waals surface area contributed by atoms with Crippen LogP contribution in [0, 0.1) is 11.3 Å². The summed E-state index contributed by atoms with van der Waals surface area (Å²) in [5.41, 5.74) is 0. The molecule has 1 heterocycles. The summed E-state index contributed by atoms with van der Waals surface area (Å²) in [5, 5.41) is 17.6. The van der Waals surface area contributed by atoms with Crippen LogP contribution in [0.15, 0.2) is 6.20 Å². The minimum Gasteiger partial charge on any atom is -0.391 e. The number of nitriles is 1. The number of nitrogens with zero attached hydrogens (tertiary/aromatic N) is 2. The van der Waals surface area contributed by atoms with Gasteiger partial charge >= 0.3 is 0 Å². The molecular formula is C6H6N2OS. The second-order valence-corrected chi connectivity index (χ2v) is 2.91. The Hall–Kier alpha value is -0.920. The van der Waals surface area contributed by atoms with E-state index < -0.39 is 0 Å². The quantitative estimate of drug-likeness (QED) is 0.682. The van der Waals surface area contributed by atoms with Crippen molar-refractivity contribution < 1.29 is 5.11 Å². The SMILES string of the molecule is N#CCc1ncc(CO)s1. The molecule has 0 spiro atoms. The molecule has 0 aliphatic carbocycles. The van der Waals surface area contributed by atoms with Crippen molar-refractivity contribution >= 4 is 11.3 Å². The number of aliphatic hydroxyl groups excluding tert-OH is 1. The van der Waals surface area contributed by atoms with Crippen molar-refractivity contribution in [1.82, 2.24) is 4.98 Å². The minimum absolute atomic E-state index is 0.0170. The summed E-state index contributed by atoms with van der Waals surface area (Å²) in [6.45, 7) is 0.0170. The molecule has 1 N–H and O–H groups in total. The summed E-state index contributed by atoms with van der Waals surface area (Å²) in [5.74, 6) is 0. The van der Waals surface area contributed by atoms with Gasteiger partial charge in [0.05, 0.1) is 24.0 Å². The van der Waals surface area contributed by atoms with Gasteiger partial charge in [-0.1, -0.05) is 0 Å². The Kier molecular flexibility index (Phi) is 2.37. The summed E-state index contributed by atoms with van der Waals surface area (Å²) in [6.07, 6.45) is 1.93. The van der Waals surface area contributed by atoms with Crippen molar-refractivity contribution in [2.24, 2.45) is 0 Å². The Labute approximate surface area is 62.6 Å². The molecule has 0 atom stereocenters. The lowest BCUT2D eigenvalue weighted by molar-refractivity contribution is 0.285. The second-order valence-electron chi connectivity index (χ2n) is 1.71. The molecule has 3 nitrogen and oxygen atoms in total. The highest BCUT2D eigenvalue weighted by Crippen LogP contribution is 2.12. The third-order valence-electron chi connectivity index (χ3n) is 0.988. The highest BCUT2D eigenvalue weighted by Gasteiger charge is 1.98. The molecule has 0 aromatic carbocycles. The van der Waals surface area contributed by atoms with E-state index in [-0.39, 0.29) is 6.61 Å². The lowest BCUT2D eigenvalue weighted by Crippen LogP contribution is -1.74. The zero-order chi connectivity index (χ0) is 7.40. The third kappa shape index (κ3) is 1.53. The second kappa shape index (κ2) is 3.30. The van der Waals surface area contributed by atoms with E-state index in [1.807, 2.05) is 6.07 Å². The molecule has 0 aliphatic heterocycles. The maximum Gasteiger partial charge on any atom is 0.107 e. The van der Waals surface area contributed by atoms with Gasteiger partial charge in [0.15, 0.2) is 0 Å². The Balaban J connectivity index is 2.70. The maximum atomic E-state index is 8.61. The molecule has 1 aromatic heterocycles. The zero-order valence-electron chi connectivity index (χ0n) is 5.24. The van der Waals surface area contributed by atoms with Crippen LogP contribution in [0.3, 0.4) is 0 Å². The number of hydrogen-bond donors (Lipinski definition) is 1. The Morgan fingerprint density at radius 2 is 2.60 bits per heavy atom. The van der Waals surface area contributed by atoms with Crippen LogP contribution in [0.1, 0.15) is 9.88 Å². The summed E-state index contributed by atoms with van der Waals surface area (Å²) in [7, 11) is 0. The van der Waals surface area contributed by atoms with Crippen LogP contribution in [0.5, 0.6) is 0 Å². The monoisotopic (exact) mass is 154 g/mol. The molecule has 0 saturated heterocycles. The molecule has 4 heteroatoms. The first kappa shape index (κ1) is 7.19. The summed E-state index contributed by atoms with van der Waals surface area (Å²) in [4.78, 5) is 4.72. The first-order chi connectivity index (χ1) is 4.86. The molecule has 1 rings (SSSR count). The zero-order valence-corrected chi connectivity index (χ0v) is 6.06. The van der Waals surface area contributed by atoms with Crippen molar-refractivity contribution in [3.05, 3.63) is 16.1 Å². The Morgan fingerprint density at radius 1 is 1.80 bits per heavy atom. The first-order valence-corrected chi connectivity index (χ1v) is 3.60. The van der Waals surface area contributed by atoms with E-state index in [0.29, 0.717) is 6.42 Å². The topological polar surface area (TPSA) is 56.9 Å². The summed E-state index contributed by atoms with van der Waals surface area (Å²) in [6, 6.07) is 1.99. The predicted octanol–water partition coefficient (Wildman–Crippen LogP) is 0.701. The molecule has 0 unspecified atom stereocenters. The highest BCUT2D eigenvalue weighted by atomic mass is 32.1. The lowest BCUT2D eigenvalue weighted by atomic mass is 10.5. The molecule has 52 valence electrons. The molecule has 0 fully saturated rings. The van der Waals surface area contributed by atoms with Crippen molar-refractivity contribution in [1.29, 1.82) is 5.26 Å². The van der Waals surface area contributed by atoms with Crippen LogP contribution >= 0.6 is 11.3 Å². The number of aromatic nitrogens is 1. The largest absolute Gasteiger partial charge is 0.391 e. The van der Waals surface area contributed by atoms with Gasteiger partial charge in [0.25, 0.3) is 0 Å².